The highest BCUT2D eigenvalue weighted by Crippen LogP contribution is 2.53. The number of hydrogen-bond acceptors (Lipinski definition) is 2. The summed E-state index contributed by atoms with van der Waals surface area (Å²) in [4.78, 5) is 19.2. The SMILES string of the molecule is Cc1nc2cc(C(=O)N3CC4(CC4)C3)ccc2n1C1CC1. The largest absolute Gasteiger partial charge is 0.337 e. The highest BCUT2D eigenvalue weighted by molar-refractivity contribution is 5.98. The van der Waals surface area contributed by atoms with Crippen LogP contribution in [0, 0.1) is 12.3 Å². The Bertz CT molecular complexity index is 760. The first-order valence-electron chi connectivity index (χ1n) is 7.93. The van der Waals surface area contributed by atoms with E-state index in [2.05, 4.69) is 22.5 Å². The second-order valence-corrected chi connectivity index (χ2v) is 7.12. The molecular formula is C17H19N3O. The lowest BCUT2D eigenvalue weighted by atomic mass is 9.96. The van der Waals surface area contributed by atoms with Crippen molar-refractivity contribution in [2.45, 2.75) is 38.6 Å². The van der Waals surface area contributed by atoms with E-state index in [0.717, 1.165) is 30.0 Å². The number of carbonyl (C=O) groups is 1. The number of aryl methyl sites for hydroxylation is 1. The fourth-order valence-corrected chi connectivity index (χ4v) is 3.73. The normalized spacial score (nSPS) is 22.6. The summed E-state index contributed by atoms with van der Waals surface area (Å²) in [5.41, 5.74) is 3.45. The van der Waals surface area contributed by atoms with Gasteiger partial charge < -0.3 is 9.47 Å². The fraction of sp³-hybridized carbons (Fsp3) is 0.529. The standard InChI is InChI=1S/C17H19N3O/c1-11-18-14-8-12(2-5-15(14)20(11)13-3-4-13)16(21)19-9-17(10-19)6-7-17/h2,5,8,13H,3-4,6-7,9-10H2,1H3. The number of hydrogen-bond donors (Lipinski definition) is 0. The molecule has 0 N–H and O–H groups in total. The lowest BCUT2D eigenvalue weighted by Crippen LogP contribution is -2.51. The van der Waals surface area contributed by atoms with Crippen molar-refractivity contribution < 1.29 is 4.79 Å². The Morgan fingerprint density at radius 3 is 2.71 bits per heavy atom. The Morgan fingerprint density at radius 2 is 2.05 bits per heavy atom. The van der Waals surface area contributed by atoms with E-state index in [-0.39, 0.29) is 5.91 Å². The molecule has 0 atom stereocenters. The van der Waals surface area contributed by atoms with Gasteiger partial charge in [0, 0.05) is 30.1 Å². The number of carbonyl (C=O) groups excluding carboxylic acids is 1. The molecular weight excluding hydrogens is 262 g/mol. The van der Waals surface area contributed by atoms with E-state index < -0.39 is 0 Å². The number of nitrogens with zero attached hydrogens (tertiary/aromatic N) is 3. The number of imidazole rings is 1. The molecule has 1 aromatic carbocycles. The van der Waals surface area contributed by atoms with E-state index in [9.17, 15) is 4.79 Å². The Labute approximate surface area is 123 Å². The van der Waals surface area contributed by atoms with Crippen LogP contribution in [0.2, 0.25) is 0 Å². The number of benzene rings is 1. The van der Waals surface area contributed by atoms with Gasteiger partial charge in [-0.15, -0.1) is 0 Å². The summed E-state index contributed by atoms with van der Waals surface area (Å²) in [6.45, 7) is 3.98. The van der Waals surface area contributed by atoms with Gasteiger partial charge in [0.2, 0.25) is 0 Å². The van der Waals surface area contributed by atoms with Crippen molar-refractivity contribution in [1.29, 1.82) is 0 Å². The zero-order valence-corrected chi connectivity index (χ0v) is 12.3. The van der Waals surface area contributed by atoms with Gasteiger partial charge >= 0.3 is 0 Å². The van der Waals surface area contributed by atoms with Gasteiger partial charge in [0.25, 0.3) is 5.91 Å². The Balaban J connectivity index is 1.48. The van der Waals surface area contributed by atoms with E-state index in [1.165, 1.54) is 31.2 Å². The van der Waals surface area contributed by atoms with Crippen molar-refractivity contribution in [3.05, 3.63) is 29.6 Å². The molecule has 3 aliphatic rings. The molecule has 108 valence electrons. The summed E-state index contributed by atoms with van der Waals surface area (Å²) >= 11 is 0. The van der Waals surface area contributed by atoms with Crippen molar-refractivity contribution in [3.63, 3.8) is 0 Å². The van der Waals surface area contributed by atoms with Gasteiger partial charge in [-0.25, -0.2) is 4.98 Å². The van der Waals surface area contributed by atoms with E-state index in [0.29, 0.717) is 11.5 Å². The first kappa shape index (κ1) is 11.8. The first-order chi connectivity index (χ1) is 10.2. The van der Waals surface area contributed by atoms with Crippen LogP contribution >= 0.6 is 0 Å². The Hall–Kier alpha value is -1.84. The summed E-state index contributed by atoms with van der Waals surface area (Å²) in [6.07, 6.45) is 5.12. The minimum atomic E-state index is 0.174. The van der Waals surface area contributed by atoms with Crippen LogP contribution in [0.4, 0.5) is 0 Å². The average molecular weight is 281 g/mol. The molecule has 2 saturated carbocycles. The van der Waals surface area contributed by atoms with Crippen LogP contribution < -0.4 is 0 Å². The Morgan fingerprint density at radius 1 is 1.29 bits per heavy atom. The molecule has 21 heavy (non-hydrogen) atoms. The van der Waals surface area contributed by atoms with Gasteiger partial charge in [-0.1, -0.05) is 0 Å². The predicted molar refractivity (Wildman–Crippen MR) is 80.3 cm³/mol. The van der Waals surface area contributed by atoms with Gasteiger partial charge in [0.05, 0.1) is 11.0 Å². The minimum Gasteiger partial charge on any atom is -0.337 e. The van der Waals surface area contributed by atoms with Crippen LogP contribution in [0.25, 0.3) is 11.0 Å². The molecule has 2 aromatic rings. The molecule has 0 bridgehead atoms. The Kier molecular flexibility index (Phi) is 2.06. The summed E-state index contributed by atoms with van der Waals surface area (Å²) in [6, 6.07) is 6.65. The monoisotopic (exact) mass is 281 g/mol. The van der Waals surface area contributed by atoms with Gasteiger partial charge in [0.1, 0.15) is 5.82 Å². The number of rotatable bonds is 2. The zero-order valence-electron chi connectivity index (χ0n) is 12.3. The molecule has 4 nitrogen and oxygen atoms in total. The number of likely N-dealkylation sites (tertiary alicyclic amines) is 1. The third kappa shape index (κ3) is 1.68. The quantitative estimate of drug-likeness (QED) is 0.849. The lowest BCUT2D eigenvalue weighted by Gasteiger charge is -2.40. The molecule has 1 aromatic heterocycles. The molecule has 2 heterocycles. The molecule has 4 heteroatoms. The highest BCUT2D eigenvalue weighted by Gasteiger charge is 2.53. The molecule has 1 saturated heterocycles. The molecule has 1 aliphatic heterocycles. The summed E-state index contributed by atoms with van der Waals surface area (Å²) < 4.78 is 2.33. The van der Waals surface area contributed by atoms with Crippen LogP contribution in [-0.4, -0.2) is 33.4 Å². The maximum atomic E-state index is 12.5. The van der Waals surface area contributed by atoms with E-state index in [1.807, 2.05) is 17.0 Å². The van der Waals surface area contributed by atoms with Crippen LogP contribution in [0.5, 0.6) is 0 Å². The van der Waals surface area contributed by atoms with Crippen molar-refractivity contribution in [1.82, 2.24) is 14.5 Å². The third-order valence-corrected chi connectivity index (χ3v) is 5.32. The average Bonchev–Trinajstić information content (AvgIpc) is 3.31. The van der Waals surface area contributed by atoms with E-state index in [1.54, 1.807) is 0 Å². The van der Waals surface area contributed by atoms with Gasteiger partial charge in [0.15, 0.2) is 0 Å². The van der Waals surface area contributed by atoms with Crippen molar-refractivity contribution in [2.24, 2.45) is 5.41 Å². The van der Waals surface area contributed by atoms with Crippen molar-refractivity contribution in [2.75, 3.05) is 13.1 Å². The second-order valence-electron chi connectivity index (χ2n) is 7.12. The van der Waals surface area contributed by atoms with Crippen molar-refractivity contribution >= 4 is 16.9 Å². The molecule has 3 fully saturated rings. The number of fused-ring (bicyclic) bond motifs is 1. The number of aromatic nitrogens is 2. The van der Waals surface area contributed by atoms with Crippen LogP contribution in [0.1, 0.15) is 47.9 Å². The molecule has 0 radical (unpaired) electrons. The van der Waals surface area contributed by atoms with Crippen LogP contribution in [0.15, 0.2) is 18.2 Å². The molecule has 5 rings (SSSR count). The molecule has 1 amide bonds. The summed E-state index contributed by atoms with van der Waals surface area (Å²) in [5, 5.41) is 0. The third-order valence-electron chi connectivity index (χ3n) is 5.32. The highest BCUT2D eigenvalue weighted by atomic mass is 16.2. The number of amides is 1. The first-order valence-corrected chi connectivity index (χ1v) is 7.93. The molecule has 2 aliphatic carbocycles. The zero-order chi connectivity index (χ0) is 14.2. The molecule has 0 unspecified atom stereocenters. The van der Waals surface area contributed by atoms with Gasteiger partial charge in [-0.05, 0) is 50.8 Å². The summed E-state index contributed by atoms with van der Waals surface area (Å²) in [7, 11) is 0. The van der Waals surface area contributed by atoms with E-state index in [4.69, 9.17) is 0 Å². The molecule has 1 spiro atoms. The predicted octanol–water partition coefficient (Wildman–Crippen LogP) is 2.92. The fourth-order valence-electron chi connectivity index (χ4n) is 3.73. The minimum absolute atomic E-state index is 0.174. The van der Waals surface area contributed by atoms with Crippen molar-refractivity contribution in [3.8, 4) is 0 Å². The van der Waals surface area contributed by atoms with Crippen LogP contribution in [-0.2, 0) is 0 Å². The van der Waals surface area contributed by atoms with Crippen LogP contribution in [0.3, 0.4) is 0 Å². The summed E-state index contributed by atoms with van der Waals surface area (Å²) in [5.74, 6) is 1.24. The smallest absolute Gasteiger partial charge is 0.253 e. The topological polar surface area (TPSA) is 38.1 Å². The van der Waals surface area contributed by atoms with Gasteiger partial charge in [-0.3, -0.25) is 4.79 Å². The maximum Gasteiger partial charge on any atom is 0.253 e. The lowest BCUT2D eigenvalue weighted by molar-refractivity contribution is 0.0443. The second kappa shape index (κ2) is 3.67. The van der Waals surface area contributed by atoms with E-state index >= 15 is 0 Å². The maximum absolute atomic E-state index is 12.5. The van der Waals surface area contributed by atoms with Gasteiger partial charge in [-0.2, -0.15) is 0 Å².